The van der Waals surface area contributed by atoms with Gasteiger partial charge in [-0.25, -0.2) is 0 Å². The number of rotatable bonds is 7. The minimum atomic E-state index is -0.963. The first kappa shape index (κ1) is 19.6. The van der Waals surface area contributed by atoms with Gasteiger partial charge in [0.2, 0.25) is 5.91 Å². The Kier molecular flexibility index (Phi) is 5.48. The zero-order chi connectivity index (χ0) is 21.1. The van der Waals surface area contributed by atoms with Gasteiger partial charge in [0.25, 0.3) is 5.91 Å². The van der Waals surface area contributed by atoms with E-state index in [0.717, 1.165) is 6.42 Å². The molecule has 0 aromatic heterocycles. The van der Waals surface area contributed by atoms with E-state index < -0.39 is 5.97 Å². The number of hydrogen-bond donors (Lipinski definition) is 3. The molecule has 2 amide bonds. The van der Waals surface area contributed by atoms with Crippen molar-refractivity contribution in [3.05, 3.63) is 77.9 Å². The molecular weight excluding hydrogens is 380 g/mol. The van der Waals surface area contributed by atoms with Gasteiger partial charge in [0, 0.05) is 23.7 Å². The van der Waals surface area contributed by atoms with Crippen molar-refractivity contribution in [2.45, 2.75) is 18.8 Å². The number of carboxylic acids is 1. The second-order valence-electron chi connectivity index (χ2n) is 7.52. The molecule has 1 saturated carbocycles. The molecule has 152 valence electrons. The van der Waals surface area contributed by atoms with Crippen LogP contribution in [0.1, 0.15) is 34.7 Å². The molecule has 3 N–H and O–H groups in total. The summed E-state index contributed by atoms with van der Waals surface area (Å²) in [6.45, 7) is 0.0739. The number of benzene rings is 3. The summed E-state index contributed by atoms with van der Waals surface area (Å²) in [6, 6.07) is 21.1. The molecule has 0 heterocycles. The first-order valence-corrected chi connectivity index (χ1v) is 9.91. The second kappa shape index (κ2) is 8.37. The van der Waals surface area contributed by atoms with Crippen molar-refractivity contribution in [2.75, 3.05) is 11.9 Å². The largest absolute Gasteiger partial charge is 0.481 e. The Morgan fingerprint density at radius 1 is 0.933 bits per heavy atom. The lowest BCUT2D eigenvalue weighted by atomic mass is 10.0. The third-order valence-electron chi connectivity index (χ3n) is 5.37. The summed E-state index contributed by atoms with van der Waals surface area (Å²) >= 11 is 0. The Balaban J connectivity index is 1.33. The van der Waals surface area contributed by atoms with Gasteiger partial charge in [0.1, 0.15) is 0 Å². The van der Waals surface area contributed by atoms with E-state index in [9.17, 15) is 14.4 Å². The van der Waals surface area contributed by atoms with Gasteiger partial charge < -0.3 is 15.7 Å². The SMILES string of the molecule is O=C(O)CCNC(=O)c1ccc(NC(=O)[C@@H]2C[C@H]2c2ccc3ccccc3c2)cc1. The van der Waals surface area contributed by atoms with Crippen LogP contribution >= 0.6 is 0 Å². The Morgan fingerprint density at radius 3 is 2.40 bits per heavy atom. The zero-order valence-corrected chi connectivity index (χ0v) is 16.3. The molecule has 6 heteroatoms. The van der Waals surface area contributed by atoms with Gasteiger partial charge >= 0.3 is 5.97 Å². The summed E-state index contributed by atoms with van der Waals surface area (Å²) in [5, 5.41) is 16.4. The molecular formula is C24H22N2O4. The Labute approximate surface area is 173 Å². The van der Waals surface area contributed by atoms with Gasteiger partial charge in [-0.2, -0.15) is 0 Å². The molecule has 1 fully saturated rings. The van der Waals surface area contributed by atoms with E-state index in [-0.39, 0.29) is 36.6 Å². The summed E-state index contributed by atoms with van der Waals surface area (Å²) < 4.78 is 0. The minimum Gasteiger partial charge on any atom is -0.481 e. The third-order valence-corrected chi connectivity index (χ3v) is 5.37. The molecule has 0 spiro atoms. The van der Waals surface area contributed by atoms with Gasteiger partial charge in [-0.05, 0) is 52.9 Å². The third kappa shape index (κ3) is 4.49. The van der Waals surface area contributed by atoms with Crippen molar-refractivity contribution in [2.24, 2.45) is 5.92 Å². The van der Waals surface area contributed by atoms with Gasteiger partial charge in [-0.3, -0.25) is 14.4 Å². The normalized spacial score (nSPS) is 17.3. The highest BCUT2D eigenvalue weighted by molar-refractivity contribution is 5.97. The molecule has 1 aliphatic rings. The zero-order valence-electron chi connectivity index (χ0n) is 16.3. The lowest BCUT2D eigenvalue weighted by Crippen LogP contribution is -2.26. The summed E-state index contributed by atoms with van der Waals surface area (Å²) in [5.74, 6) is -1.14. The number of carbonyl (C=O) groups is 3. The molecule has 30 heavy (non-hydrogen) atoms. The molecule has 3 aromatic carbocycles. The molecule has 4 rings (SSSR count). The predicted molar refractivity (Wildman–Crippen MR) is 114 cm³/mol. The molecule has 1 aliphatic carbocycles. The van der Waals surface area contributed by atoms with Gasteiger partial charge in [-0.15, -0.1) is 0 Å². The predicted octanol–water partition coefficient (Wildman–Crippen LogP) is 3.79. The lowest BCUT2D eigenvalue weighted by molar-refractivity contribution is -0.136. The van der Waals surface area contributed by atoms with Crippen LogP contribution in [0.25, 0.3) is 10.8 Å². The highest BCUT2D eigenvalue weighted by Crippen LogP contribution is 2.48. The Hall–Kier alpha value is -3.67. The number of carbonyl (C=O) groups excluding carboxylic acids is 2. The maximum absolute atomic E-state index is 12.6. The maximum atomic E-state index is 12.6. The topological polar surface area (TPSA) is 95.5 Å². The number of aliphatic carboxylic acids is 1. The highest BCUT2D eigenvalue weighted by Gasteiger charge is 2.43. The Morgan fingerprint density at radius 2 is 1.67 bits per heavy atom. The quantitative estimate of drug-likeness (QED) is 0.560. The number of carboxylic acid groups (broad SMARTS) is 1. The van der Waals surface area contributed by atoms with Crippen molar-refractivity contribution >= 4 is 34.2 Å². The highest BCUT2D eigenvalue weighted by atomic mass is 16.4. The molecule has 0 unspecified atom stereocenters. The van der Waals surface area contributed by atoms with E-state index >= 15 is 0 Å². The van der Waals surface area contributed by atoms with Crippen molar-refractivity contribution < 1.29 is 19.5 Å². The number of hydrogen-bond acceptors (Lipinski definition) is 3. The number of nitrogens with one attached hydrogen (secondary N) is 2. The maximum Gasteiger partial charge on any atom is 0.305 e. The molecule has 0 radical (unpaired) electrons. The average Bonchev–Trinajstić information content (AvgIpc) is 3.55. The van der Waals surface area contributed by atoms with Crippen molar-refractivity contribution in [3.63, 3.8) is 0 Å². The van der Waals surface area contributed by atoms with E-state index in [4.69, 9.17) is 5.11 Å². The molecule has 0 bridgehead atoms. The first-order valence-electron chi connectivity index (χ1n) is 9.91. The van der Waals surface area contributed by atoms with Crippen LogP contribution in [0, 0.1) is 5.92 Å². The van der Waals surface area contributed by atoms with E-state index in [1.54, 1.807) is 24.3 Å². The fourth-order valence-electron chi connectivity index (χ4n) is 3.62. The first-order chi connectivity index (χ1) is 14.5. The number of amides is 2. The van der Waals surface area contributed by atoms with Gasteiger partial charge in [-0.1, -0.05) is 42.5 Å². The standard InChI is InChI=1S/C24H22N2O4/c27-22(28)11-12-25-23(29)16-7-9-19(10-8-16)26-24(30)21-14-20(21)18-6-5-15-3-1-2-4-17(15)13-18/h1-10,13,20-21H,11-12,14H2,(H,25,29)(H,26,30)(H,27,28)/t20-,21+/m0/s1. The van der Waals surface area contributed by atoms with E-state index in [2.05, 4.69) is 41.0 Å². The fourth-order valence-corrected chi connectivity index (χ4v) is 3.62. The van der Waals surface area contributed by atoms with E-state index in [1.165, 1.54) is 16.3 Å². The summed E-state index contributed by atoms with van der Waals surface area (Å²) in [5.41, 5.74) is 2.23. The lowest BCUT2D eigenvalue weighted by Gasteiger charge is -2.08. The van der Waals surface area contributed by atoms with Crippen LogP contribution in [-0.2, 0) is 9.59 Å². The fraction of sp³-hybridized carbons (Fsp3) is 0.208. The van der Waals surface area contributed by atoms with Crippen LogP contribution in [-0.4, -0.2) is 29.4 Å². The second-order valence-corrected chi connectivity index (χ2v) is 7.52. The van der Waals surface area contributed by atoms with Crippen LogP contribution in [0.4, 0.5) is 5.69 Å². The molecule has 2 atom stereocenters. The average molecular weight is 402 g/mol. The Bertz CT molecular complexity index is 1110. The molecule has 3 aromatic rings. The van der Waals surface area contributed by atoms with Crippen LogP contribution in [0.3, 0.4) is 0 Å². The van der Waals surface area contributed by atoms with Crippen molar-refractivity contribution in [1.82, 2.24) is 5.32 Å². The van der Waals surface area contributed by atoms with Gasteiger partial charge in [0.15, 0.2) is 0 Å². The van der Waals surface area contributed by atoms with Crippen molar-refractivity contribution in [3.8, 4) is 0 Å². The van der Waals surface area contributed by atoms with Crippen molar-refractivity contribution in [1.29, 1.82) is 0 Å². The van der Waals surface area contributed by atoms with Crippen LogP contribution in [0.5, 0.6) is 0 Å². The summed E-state index contributed by atoms with van der Waals surface area (Å²) in [4.78, 5) is 35.1. The van der Waals surface area contributed by atoms with Gasteiger partial charge in [0.05, 0.1) is 6.42 Å². The van der Waals surface area contributed by atoms with Crippen LogP contribution < -0.4 is 10.6 Å². The smallest absolute Gasteiger partial charge is 0.305 e. The van der Waals surface area contributed by atoms with E-state index in [1.807, 2.05) is 12.1 Å². The summed E-state index contributed by atoms with van der Waals surface area (Å²) in [7, 11) is 0. The molecule has 0 saturated heterocycles. The number of anilines is 1. The number of fused-ring (bicyclic) bond motifs is 1. The monoisotopic (exact) mass is 402 g/mol. The summed E-state index contributed by atoms with van der Waals surface area (Å²) in [6.07, 6.45) is 0.702. The van der Waals surface area contributed by atoms with Crippen LogP contribution in [0.15, 0.2) is 66.7 Å². The minimum absolute atomic E-state index is 0.0215. The molecule has 0 aliphatic heterocycles. The molecule has 6 nitrogen and oxygen atoms in total. The van der Waals surface area contributed by atoms with Crippen LogP contribution in [0.2, 0.25) is 0 Å². The van der Waals surface area contributed by atoms with E-state index in [0.29, 0.717) is 11.3 Å².